The molecule has 18 nitrogen and oxygen atoms in total. The Morgan fingerprint density at radius 2 is 1.29 bits per heavy atom. The number of hydrogen-bond acceptors (Lipinski definition) is 13. The van der Waals surface area contributed by atoms with Crippen molar-refractivity contribution in [2.75, 3.05) is 19.7 Å². The van der Waals surface area contributed by atoms with Crippen LogP contribution in [0.25, 0.3) is 10.8 Å². The number of phenolic OH excluding ortho intramolecular Hbond substituents is 1. The number of amides is 5. The van der Waals surface area contributed by atoms with Gasteiger partial charge < -0.3 is 68.4 Å². The Labute approximate surface area is 412 Å². The Morgan fingerprint density at radius 1 is 0.686 bits per heavy atom. The third kappa shape index (κ3) is 18.2. The second-order valence-electron chi connectivity index (χ2n) is 18.7. The number of rotatable bonds is 31. The topological polar surface area (TPSA) is 311 Å². The first kappa shape index (κ1) is 57.4. The molecule has 18 heteroatoms. The van der Waals surface area contributed by atoms with Gasteiger partial charge in [0.05, 0.1) is 6.04 Å². The van der Waals surface area contributed by atoms with Crippen molar-refractivity contribution in [1.82, 2.24) is 21.3 Å². The summed E-state index contributed by atoms with van der Waals surface area (Å²) in [5.41, 5.74) is 20.7. The van der Waals surface area contributed by atoms with Gasteiger partial charge >= 0.3 is 0 Å². The quantitative estimate of drug-likeness (QED) is 0.0414. The maximum atomic E-state index is 14.4. The van der Waals surface area contributed by atoms with Gasteiger partial charge in [0.2, 0.25) is 23.6 Å². The highest BCUT2D eigenvalue weighted by molar-refractivity contribution is 5.95. The molecule has 0 aliphatic carbocycles. The molecule has 0 saturated carbocycles. The molecule has 0 unspecified atom stereocenters. The van der Waals surface area contributed by atoms with Crippen LogP contribution in [0.2, 0.25) is 0 Å². The number of primary amides is 1. The van der Waals surface area contributed by atoms with Gasteiger partial charge in [-0.05, 0) is 117 Å². The van der Waals surface area contributed by atoms with Crippen molar-refractivity contribution in [2.45, 2.75) is 178 Å². The Bertz CT molecular complexity index is 2120. The zero-order valence-corrected chi connectivity index (χ0v) is 41.2. The lowest BCUT2D eigenvalue weighted by atomic mass is 9.95. The number of benzene rings is 3. The van der Waals surface area contributed by atoms with Gasteiger partial charge in [0.1, 0.15) is 42.2 Å². The molecular weight excluding hydrogens is 899 g/mol. The van der Waals surface area contributed by atoms with E-state index < -0.39 is 84.4 Å². The summed E-state index contributed by atoms with van der Waals surface area (Å²) in [6.07, 6.45) is 2.75. The minimum absolute atomic E-state index is 0.0220. The van der Waals surface area contributed by atoms with E-state index in [0.29, 0.717) is 31.4 Å². The lowest BCUT2D eigenvalue weighted by molar-refractivity contribution is -0.290. The number of nitrogens with one attached hydrogen (secondary N) is 4. The molecule has 0 spiro atoms. The normalized spacial score (nSPS) is 19.7. The fraction of sp³-hybridized carbons (Fsp3) is 0.596. The molecule has 70 heavy (non-hydrogen) atoms. The molecule has 388 valence electrons. The van der Waals surface area contributed by atoms with E-state index in [1.54, 1.807) is 26.0 Å². The second kappa shape index (κ2) is 29.8. The van der Waals surface area contributed by atoms with E-state index in [2.05, 4.69) is 28.2 Å². The number of aliphatic hydroxyl groups is 3. The molecule has 3 aromatic carbocycles. The molecule has 14 N–H and O–H groups in total. The van der Waals surface area contributed by atoms with Gasteiger partial charge in [-0.2, -0.15) is 0 Å². The van der Waals surface area contributed by atoms with Gasteiger partial charge in [0.15, 0.2) is 12.4 Å². The number of aromatic hydroxyl groups is 1. The van der Waals surface area contributed by atoms with Crippen molar-refractivity contribution < 1.29 is 53.9 Å². The van der Waals surface area contributed by atoms with Crippen LogP contribution in [-0.2, 0) is 46.3 Å². The van der Waals surface area contributed by atoms with Crippen LogP contribution in [0.4, 0.5) is 0 Å². The number of phenols is 1. The van der Waals surface area contributed by atoms with E-state index in [4.69, 9.17) is 26.7 Å². The van der Waals surface area contributed by atoms with Gasteiger partial charge in [-0.15, -0.1) is 0 Å². The van der Waals surface area contributed by atoms with Crippen molar-refractivity contribution in [3.8, 4) is 5.75 Å². The Balaban J connectivity index is 1.46. The summed E-state index contributed by atoms with van der Waals surface area (Å²) in [5.74, 6) is -3.42. The first-order chi connectivity index (χ1) is 33.5. The summed E-state index contributed by atoms with van der Waals surface area (Å²) < 4.78 is 11.4. The minimum Gasteiger partial charge on any atom is -0.508 e. The molecule has 0 bridgehead atoms. The summed E-state index contributed by atoms with van der Waals surface area (Å²) in [7, 11) is 0. The number of aryl methyl sites for hydroxylation is 2. The standard InChI is InChI=1S/C52H79N7O11/c1-4-5-6-7-8-9-10-17-26-69-52-45(63)43(61)44(62)46(70-52)51(68)56-25-16-14-21-41(58-48(65)39(54)31-38-32(2)27-37(60)28-33(38)3)49(66)59-42(50(67)57-40(47(55)64)20-13-15-24-53)30-34-22-23-35-18-11-12-19-36(35)29-34/h11-12,18-19,22-23,27-29,39-46,52,60-63H,4-10,13-17,20-21,24-26,30-31,53-54H2,1-3H3,(H2,55,64)(H,56,68)(H,57,67)(H,58,65)(H,59,66)/t39-,40-,41+,42-,43-,44-,45+,46-,52+/m0/s1. The molecule has 5 amide bonds. The van der Waals surface area contributed by atoms with Crippen LogP contribution in [0.3, 0.4) is 0 Å². The van der Waals surface area contributed by atoms with Crippen LogP contribution in [0.5, 0.6) is 5.75 Å². The van der Waals surface area contributed by atoms with Crippen LogP contribution in [0.15, 0.2) is 54.6 Å². The summed E-state index contributed by atoms with van der Waals surface area (Å²) in [4.78, 5) is 68.0. The first-order valence-electron chi connectivity index (χ1n) is 25.1. The van der Waals surface area contributed by atoms with Gasteiger partial charge in [0.25, 0.3) is 5.91 Å². The molecule has 1 saturated heterocycles. The highest BCUT2D eigenvalue weighted by Crippen LogP contribution is 2.24. The van der Waals surface area contributed by atoms with E-state index >= 15 is 0 Å². The number of carbonyl (C=O) groups excluding carboxylic acids is 5. The smallest absolute Gasteiger partial charge is 0.252 e. The summed E-state index contributed by atoms with van der Waals surface area (Å²) in [6, 6.07) is 11.9. The minimum atomic E-state index is -1.73. The van der Waals surface area contributed by atoms with E-state index in [9.17, 15) is 44.4 Å². The monoisotopic (exact) mass is 978 g/mol. The van der Waals surface area contributed by atoms with Crippen molar-refractivity contribution in [3.05, 3.63) is 76.9 Å². The lowest BCUT2D eigenvalue weighted by Crippen LogP contribution is -2.62. The highest BCUT2D eigenvalue weighted by Gasteiger charge is 2.47. The molecule has 9 atom stereocenters. The summed E-state index contributed by atoms with van der Waals surface area (Å²) >= 11 is 0. The van der Waals surface area contributed by atoms with Crippen molar-refractivity contribution in [2.24, 2.45) is 17.2 Å². The average Bonchev–Trinajstić information content (AvgIpc) is 3.33. The molecule has 1 aliphatic rings. The number of carbonyl (C=O) groups is 5. The summed E-state index contributed by atoms with van der Waals surface area (Å²) in [6.45, 7) is 6.42. The van der Waals surface area contributed by atoms with Crippen LogP contribution < -0.4 is 38.5 Å². The first-order valence-corrected chi connectivity index (χ1v) is 25.1. The van der Waals surface area contributed by atoms with Crippen LogP contribution in [-0.4, -0.2) is 125 Å². The van der Waals surface area contributed by atoms with E-state index in [1.165, 1.54) is 25.7 Å². The van der Waals surface area contributed by atoms with Crippen molar-refractivity contribution >= 4 is 40.3 Å². The molecule has 4 rings (SSSR count). The van der Waals surface area contributed by atoms with Gasteiger partial charge in [0, 0.05) is 19.6 Å². The maximum Gasteiger partial charge on any atom is 0.252 e. The van der Waals surface area contributed by atoms with Gasteiger partial charge in [-0.1, -0.05) is 94.3 Å². The second-order valence-corrected chi connectivity index (χ2v) is 18.7. The van der Waals surface area contributed by atoms with Crippen LogP contribution >= 0.6 is 0 Å². The number of hydrogen-bond donors (Lipinski definition) is 11. The molecule has 1 heterocycles. The van der Waals surface area contributed by atoms with E-state index in [0.717, 1.165) is 46.7 Å². The number of nitrogens with two attached hydrogens (primary N) is 3. The predicted molar refractivity (Wildman–Crippen MR) is 267 cm³/mol. The fourth-order valence-corrected chi connectivity index (χ4v) is 8.71. The van der Waals surface area contributed by atoms with Gasteiger partial charge in [-0.25, -0.2) is 0 Å². The van der Waals surface area contributed by atoms with Crippen LogP contribution in [0, 0.1) is 13.8 Å². The molecule has 0 aromatic heterocycles. The highest BCUT2D eigenvalue weighted by atomic mass is 16.7. The Kier molecular flexibility index (Phi) is 24.5. The third-order valence-corrected chi connectivity index (χ3v) is 12.9. The van der Waals surface area contributed by atoms with Crippen LogP contribution in [0.1, 0.15) is 119 Å². The van der Waals surface area contributed by atoms with Gasteiger partial charge in [-0.3, -0.25) is 24.0 Å². The molecule has 1 aliphatic heterocycles. The fourth-order valence-electron chi connectivity index (χ4n) is 8.71. The molecule has 0 radical (unpaired) electrons. The molecule has 1 fully saturated rings. The zero-order chi connectivity index (χ0) is 51.2. The molecular formula is C52H79N7O11. The van der Waals surface area contributed by atoms with Crippen molar-refractivity contribution in [3.63, 3.8) is 0 Å². The number of fused-ring (bicyclic) bond motifs is 1. The number of aliphatic hydroxyl groups excluding tert-OH is 3. The SMILES string of the molecule is CCCCCCCCCCO[C@@H]1O[C@H](C(=O)NCCCC[C@@H](NC(=O)[C@@H](N)Cc2c(C)cc(O)cc2C)C(=O)N[C@@H](Cc2ccc3ccccc3c2)C(=O)N[C@@H](CCCCN)C(N)=O)[C@@H](O)[C@H](O)[C@H]1O. The third-order valence-electron chi connectivity index (χ3n) is 12.9. The maximum absolute atomic E-state index is 14.4. The number of unbranched alkanes of at least 4 members (excludes halogenated alkanes) is 9. The largest absolute Gasteiger partial charge is 0.508 e. The zero-order valence-electron chi connectivity index (χ0n) is 41.2. The lowest BCUT2D eigenvalue weighted by Gasteiger charge is -2.39. The van der Waals surface area contributed by atoms with Crippen molar-refractivity contribution in [1.29, 1.82) is 0 Å². The number of ether oxygens (including phenoxy) is 2. The predicted octanol–water partition coefficient (Wildman–Crippen LogP) is 2.59. The average molecular weight is 978 g/mol. The summed E-state index contributed by atoms with van der Waals surface area (Å²) in [5, 5.41) is 54.8. The Morgan fingerprint density at radius 3 is 1.96 bits per heavy atom. The van der Waals surface area contributed by atoms with E-state index in [-0.39, 0.29) is 57.4 Å². The Hall–Kier alpha value is -5.21. The van der Waals surface area contributed by atoms with E-state index in [1.807, 2.05) is 42.5 Å². The molecule has 3 aromatic rings.